The van der Waals surface area contributed by atoms with Crippen LogP contribution in [0.25, 0.3) is 28.2 Å². The van der Waals surface area contributed by atoms with E-state index in [1.54, 1.807) is 24.3 Å². The molecule has 0 saturated carbocycles. The number of anilines is 1. The molecule has 0 atom stereocenters. The third kappa shape index (κ3) is 4.21. The van der Waals surface area contributed by atoms with Crippen molar-refractivity contribution in [3.8, 4) is 11.3 Å². The molecule has 1 aliphatic rings. The zero-order valence-corrected chi connectivity index (χ0v) is 19.4. The number of carboxylic acid groups (broad SMARTS) is 1. The lowest BCUT2D eigenvalue weighted by atomic mass is 10.1. The molecule has 0 unspecified atom stereocenters. The van der Waals surface area contributed by atoms with E-state index in [0.717, 1.165) is 10.8 Å². The van der Waals surface area contributed by atoms with Crippen LogP contribution in [-0.2, 0) is 9.59 Å². The summed E-state index contributed by atoms with van der Waals surface area (Å²) in [5.74, 6) is -1.82. The Morgan fingerprint density at radius 1 is 1.00 bits per heavy atom. The molecule has 9 heteroatoms. The number of rotatable bonds is 4. The Hall–Kier alpha value is -4.27. The van der Waals surface area contributed by atoms with Gasteiger partial charge in [0.25, 0.3) is 11.8 Å². The van der Waals surface area contributed by atoms with E-state index in [2.05, 4.69) is 5.32 Å². The van der Waals surface area contributed by atoms with Crippen LogP contribution < -0.4 is 10.2 Å². The summed E-state index contributed by atoms with van der Waals surface area (Å²) in [5.41, 5.74) is 0.777. The summed E-state index contributed by atoms with van der Waals surface area (Å²) >= 11 is 11.2. The van der Waals surface area contributed by atoms with Crippen molar-refractivity contribution in [3.63, 3.8) is 0 Å². The first-order valence-electron chi connectivity index (χ1n) is 10.3. The number of carbonyl (C=O) groups is 3. The fourth-order valence-corrected chi connectivity index (χ4v) is 4.26. The van der Waals surface area contributed by atoms with Gasteiger partial charge in [-0.15, -0.1) is 0 Å². The van der Waals surface area contributed by atoms with Gasteiger partial charge in [-0.25, -0.2) is 4.79 Å². The number of carbonyl (C=O) groups excluding carboxylic acids is 2. The van der Waals surface area contributed by atoms with Crippen LogP contribution in [0, 0.1) is 0 Å². The Bertz CT molecular complexity index is 1590. The highest BCUT2D eigenvalue weighted by Crippen LogP contribution is 2.29. The maximum atomic E-state index is 13.3. The fourth-order valence-electron chi connectivity index (χ4n) is 3.78. The second-order valence-corrected chi connectivity index (χ2v) is 8.48. The van der Waals surface area contributed by atoms with Crippen LogP contribution in [-0.4, -0.2) is 28.0 Å². The van der Waals surface area contributed by atoms with Gasteiger partial charge in [-0.05, 0) is 71.5 Å². The minimum absolute atomic E-state index is 0.0186. The Balaban J connectivity index is 1.49. The number of carboxylic acids is 1. The average Bonchev–Trinajstić information content (AvgIpc) is 3.30. The molecule has 0 bridgehead atoms. The Morgan fingerprint density at radius 3 is 2.54 bits per heavy atom. The molecule has 2 amide bonds. The van der Waals surface area contributed by atoms with Gasteiger partial charge in [0.1, 0.15) is 17.1 Å². The van der Waals surface area contributed by atoms with Crippen molar-refractivity contribution >= 4 is 69.3 Å². The molecule has 4 aromatic rings. The SMILES string of the molecule is O=C1NC(=S)N(c2ccc3ccccc3c2)C(=O)/C1=C/c1ccc(-c2ccc(Cl)c(C(=O)O)c2)o1. The lowest BCUT2D eigenvalue weighted by molar-refractivity contribution is -0.122. The molecule has 1 aliphatic heterocycles. The molecule has 3 aromatic carbocycles. The first kappa shape index (κ1) is 22.5. The highest BCUT2D eigenvalue weighted by Gasteiger charge is 2.34. The molecule has 2 heterocycles. The molecular formula is C26H15ClN2O5S. The number of fused-ring (bicyclic) bond motifs is 1. The Labute approximate surface area is 209 Å². The average molecular weight is 503 g/mol. The normalized spacial score (nSPS) is 15.1. The minimum atomic E-state index is -1.17. The number of hydrogen-bond donors (Lipinski definition) is 2. The van der Waals surface area contributed by atoms with Crippen molar-refractivity contribution in [2.45, 2.75) is 0 Å². The van der Waals surface area contributed by atoms with Crippen molar-refractivity contribution in [1.82, 2.24) is 5.32 Å². The lowest BCUT2D eigenvalue weighted by Gasteiger charge is -2.29. The molecule has 7 nitrogen and oxygen atoms in total. The minimum Gasteiger partial charge on any atom is -0.478 e. The predicted molar refractivity (Wildman–Crippen MR) is 136 cm³/mol. The Kier molecular flexibility index (Phi) is 5.68. The van der Waals surface area contributed by atoms with Gasteiger partial charge >= 0.3 is 5.97 Å². The maximum Gasteiger partial charge on any atom is 0.337 e. The van der Waals surface area contributed by atoms with Gasteiger partial charge in [0.15, 0.2) is 5.11 Å². The molecule has 1 fully saturated rings. The first-order chi connectivity index (χ1) is 16.8. The molecular weight excluding hydrogens is 488 g/mol. The monoisotopic (exact) mass is 502 g/mol. The molecule has 5 rings (SSSR count). The number of benzene rings is 3. The summed E-state index contributed by atoms with van der Waals surface area (Å²) in [4.78, 5) is 38.5. The first-order valence-corrected chi connectivity index (χ1v) is 11.1. The van der Waals surface area contributed by atoms with Gasteiger partial charge in [-0.1, -0.05) is 41.9 Å². The van der Waals surface area contributed by atoms with Crippen LogP contribution in [0.4, 0.5) is 5.69 Å². The van der Waals surface area contributed by atoms with E-state index in [0.29, 0.717) is 17.0 Å². The van der Waals surface area contributed by atoms with Crippen molar-refractivity contribution in [2.24, 2.45) is 0 Å². The van der Waals surface area contributed by atoms with Crippen molar-refractivity contribution in [1.29, 1.82) is 0 Å². The quantitative estimate of drug-likeness (QED) is 0.224. The van der Waals surface area contributed by atoms with E-state index in [-0.39, 0.29) is 27.0 Å². The van der Waals surface area contributed by atoms with Crippen molar-refractivity contribution in [2.75, 3.05) is 4.90 Å². The third-order valence-electron chi connectivity index (χ3n) is 5.49. The predicted octanol–water partition coefficient (Wildman–Crippen LogP) is 5.28. The van der Waals surface area contributed by atoms with Crippen molar-refractivity contribution < 1.29 is 23.9 Å². The summed E-state index contributed by atoms with van der Waals surface area (Å²) in [6.07, 6.45) is 1.32. The summed E-state index contributed by atoms with van der Waals surface area (Å²) in [6, 6.07) is 20.8. The van der Waals surface area contributed by atoms with Crippen molar-refractivity contribution in [3.05, 3.63) is 94.7 Å². The number of furan rings is 1. The number of aromatic carboxylic acids is 1. The number of thiocarbonyl (C=S) groups is 1. The van der Waals surface area contributed by atoms with Crippen LogP contribution in [0.3, 0.4) is 0 Å². The number of halogens is 1. The largest absolute Gasteiger partial charge is 0.478 e. The van der Waals surface area contributed by atoms with E-state index < -0.39 is 17.8 Å². The van der Waals surface area contributed by atoms with E-state index in [1.165, 1.54) is 23.1 Å². The van der Waals surface area contributed by atoms with Crippen LogP contribution >= 0.6 is 23.8 Å². The summed E-state index contributed by atoms with van der Waals surface area (Å²) in [6.45, 7) is 0. The molecule has 0 radical (unpaired) electrons. The van der Waals surface area contributed by atoms with E-state index in [4.69, 9.17) is 28.2 Å². The van der Waals surface area contributed by atoms with Gasteiger partial charge in [0.05, 0.1) is 16.3 Å². The highest BCUT2D eigenvalue weighted by molar-refractivity contribution is 7.80. The molecule has 172 valence electrons. The van der Waals surface area contributed by atoms with Crippen LogP contribution in [0.15, 0.2) is 82.8 Å². The smallest absolute Gasteiger partial charge is 0.337 e. The zero-order chi connectivity index (χ0) is 24.7. The second-order valence-electron chi connectivity index (χ2n) is 7.69. The van der Waals surface area contributed by atoms with E-state index in [9.17, 15) is 19.5 Å². The molecule has 1 aromatic heterocycles. The van der Waals surface area contributed by atoms with Gasteiger partial charge in [-0.3, -0.25) is 19.8 Å². The number of hydrogen-bond acceptors (Lipinski definition) is 5. The van der Waals surface area contributed by atoms with Gasteiger partial charge in [0.2, 0.25) is 0 Å². The van der Waals surface area contributed by atoms with Gasteiger partial charge in [0, 0.05) is 5.56 Å². The van der Waals surface area contributed by atoms with Gasteiger partial charge in [-0.2, -0.15) is 0 Å². The summed E-state index contributed by atoms with van der Waals surface area (Å²) in [7, 11) is 0. The molecule has 2 N–H and O–H groups in total. The van der Waals surface area contributed by atoms with E-state index in [1.807, 2.05) is 36.4 Å². The lowest BCUT2D eigenvalue weighted by Crippen LogP contribution is -2.54. The second kappa shape index (κ2) is 8.83. The molecule has 1 saturated heterocycles. The molecule has 35 heavy (non-hydrogen) atoms. The summed E-state index contributed by atoms with van der Waals surface area (Å²) < 4.78 is 5.77. The third-order valence-corrected chi connectivity index (χ3v) is 6.10. The van der Waals surface area contributed by atoms with Crippen LogP contribution in [0.5, 0.6) is 0 Å². The highest BCUT2D eigenvalue weighted by atomic mass is 35.5. The van der Waals surface area contributed by atoms with E-state index >= 15 is 0 Å². The standard InChI is InChI=1S/C26H15ClN2O5S/c27-21-9-6-16(12-19(21)25(32)33)22-10-8-18(34-22)13-20-23(30)28-26(35)29(24(20)31)17-7-5-14-3-1-2-4-15(14)11-17/h1-13H,(H,32,33)(H,28,30,35)/b20-13+. The van der Waals surface area contributed by atoms with Crippen LogP contribution in [0.2, 0.25) is 5.02 Å². The zero-order valence-electron chi connectivity index (χ0n) is 17.8. The number of nitrogens with zero attached hydrogens (tertiary/aromatic N) is 1. The Morgan fingerprint density at radius 2 is 1.77 bits per heavy atom. The molecule has 0 aliphatic carbocycles. The van der Waals surface area contributed by atoms with Crippen LogP contribution in [0.1, 0.15) is 16.1 Å². The maximum absolute atomic E-state index is 13.3. The fraction of sp³-hybridized carbons (Fsp3) is 0. The number of amides is 2. The topological polar surface area (TPSA) is 99.9 Å². The summed E-state index contributed by atoms with van der Waals surface area (Å²) in [5, 5.41) is 13.8. The number of nitrogens with one attached hydrogen (secondary N) is 1. The van der Waals surface area contributed by atoms with Gasteiger partial charge < -0.3 is 9.52 Å². The molecule has 0 spiro atoms.